The molecule has 0 saturated carbocycles. The van der Waals surface area contributed by atoms with E-state index in [1.165, 1.54) is 0 Å². The van der Waals surface area contributed by atoms with Gasteiger partial charge >= 0.3 is 6.18 Å². The summed E-state index contributed by atoms with van der Waals surface area (Å²) in [5.74, 6) is 0. The third-order valence-electron chi connectivity index (χ3n) is 2.09. The molecule has 0 spiro atoms. The van der Waals surface area contributed by atoms with Crippen LogP contribution in [0.15, 0.2) is 18.3 Å². The summed E-state index contributed by atoms with van der Waals surface area (Å²) in [5, 5.41) is 0. The minimum Gasteiger partial charge on any atom is -0.323 e. The van der Waals surface area contributed by atoms with Crippen molar-refractivity contribution in [1.82, 2.24) is 4.98 Å². The number of halogens is 3. The molecule has 5 heteroatoms. The highest BCUT2D eigenvalue weighted by molar-refractivity contribution is 5.21. The van der Waals surface area contributed by atoms with Gasteiger partial charge in [0.1, 0.15) is 0 Å². The highest BCUT2D eigenvalue weighted by atomic mass is 19.4. The van der Waals surface area contributed by atoms with Crippen LogP contribution in [0.1, 0.15) is 37.1 Å². The predicted octanol–water partition coefficient (Wildman–Crippen LogP) is 2.90. The lowest BCUT2D eigenvalue weighted by atomic mass is 10.1. The van der Waals surface area contributed by atoms with Gasteiger partial charge in [0, 0.05) is 12.2 Å². The Balaban J connectivity index is 2.92. The van der Waals surface area contributed by atoms with Crippen LogP contribution < -0.4 is 5.73 Å². The molecule has 2 N–H and O–H groups in total. The molecule has 0 bridgehead atoms. The largest absolute Gasteiger partial charge is 0.416 e. The lowest BCUT2D eigenvalue weighted by Crippen LogP contribution is -2.14. The standard InChI is InChI=1S/C10H13F3N2/c1-2-3-8(14)9-6-7(4-5-15-9)10(11,12)13/h4-6,8H,2-3,14H2,1H3. The third kappa shape index (κ3) is 3.20. The van der Waals surface area contributed by atoms with Crippen molar-refractivity contribution in [3.63, 3.8) is 0 Å². The number of nitrogens with zero attached hydrogens (tertiary/aromatic N) is 1. The van der Waals surface area contributed by atoms with Gasteiger partial charge in [-0.25, -0.2) is 0 Å². The summed E-state index contributed by atoms with van der Waals surface area (Å²) in [7, 11) is 0. The molecule has 0 radical (unpaired) electrons. The Bertz CT molecular complexity index is 323. The summed E-state index contributed by atoms with van der Waals surface area (Å²) in [6.07, 6.45) is -1.73. The number of pyridine rings is 1. The molecule has 0 saturated heterocycles. The molecule has 1 aromatic rings. The van der Waals surface area contributed by atoms with E-state index >= 15 is 0 Å². The van der Waals surface area contributed by atoms with Gasteiger partial charge in [-0.1, -0.05) is 13.3 Å². The van der Waals surface area contributed by atoms with E-state index in [2.05, 4.69) is 4.98 Å². The molecule has 1 rings (SSSR count). The van der Waals surface area contributed by atoms with Gasteiger partial charge in [0.05, 0.1) is 11.3 Å². The molecule has 0 fully saturated rings. The molecule has 0 aliphatic carbocycles. The molecule has 0 aromatic carbocycles. The van der Waals surface area contributed by atoms with Gasteiger partial charge in [0.15, 0.2) is 0 Å². The first-order valence-electron chi connectivity index (χ1n) is 4.74. The average molecular weight is 218 g/mol. The lowest BCUT2D eigenvalue weighted by Gasteiger charge is -2.12. The van der Waals surface area contributed by atoms with E-state index in [4.69, 9.17) is 5.73 Å². The number of nitrogens with two attached hydrogens (primary N) is 1. The Labute approximate surface area is 86.3 Å². The molecule has 1 heterocycles. The fourth-order valence-electron chi connectivity index (χ4n) is 1.29. The number of hydrogen-bond acceptors (Lipinski definition) is 2. The Morgan fingerprint density at radius 1 is 1.47 bits per heavy atom. The van der Waals surface area contributed by atoms with E-state index in [0.717, 1.165) is 24.8 Å². The van der Waals surface area contributed by atoms with E-state index in [1.807, 2.05) is 6.92 Å². The molecular weight excluding hydrogens is 205 g/mol. The second-order valence-corrected chi connectivity index (χ2v) is 3.36. The van der Waals surface area contributed by atoms with Crippen molar-refractivity contribution < 1.29 is 13.2 Å². The maximum atomic E-state index is 12.3. The molecule has 1 unspecified atom stereocenters. The van der Waals surface area contributed by atoms with Gasteiger partial charge in [-0.15, -0.1) is 0 Å². The Hall–Kier alpha value is -1.10. The number of alkyl halides is 3. The predicted molar refractivity (Wildman–Crippen MR) is 51.1 cm³/mol. The zero-order valence-electron chi connectivity index (χ0n) is 8.38. The van der Waals surface area contributed by atoms with E-state index in [9.17, 15) is 13.2 Å². The number of rotatable bonds is 3. The van der Waals surface area contributed by atoms with E-state index < -0.39 is 17.8 Å². The molecule has 1 aromatic heterocycles. The van der Waals surface area contributed by atoms with Gasteiger partial charge in [-0.05, 0) is 18.6 Å². The summed E-state index contributed by atoms with van der Waals surface area (Å²) in [5.41, 5.74) is 5.29. The van der Waals surface area contributed by atoms with Crippen LogP contribution in [0, 0.1) is 0 Å². The van der Waals surface area contributed by atoms with Crippen molar-refractivity contribution in [3.8, 4) is 0 Å². The summed E-state index contributed by atoms with van der Waals surface area (Å²) in [4.78, 5) is 3.85. The molecule has 15 heavy (non-hydrogen) atoms. The normalized spacial score (nSPS) is 13.9. The van der Waals surface area contributed by atoms with Crippen molar-refractivity contribution >= 4 is 0 Å². The van der Waals surface area contributed by atoms with Crippen LogP contribution in [-0.2, 0) is 6.18 Å². The van der Waals surface area contributed by atoms with Crippen LogP contribution in [0.3, 0.4) is 0 Å². The highest BCUT2D eigenvalue weighted by Gasteiger charge is 2.31. The Morgan fingerprint density at radius 3 is 2.67 bits per heavy atom. The van der Waals surface area contributed by atoms with Crippen molar-refractivity contribution in [1.29, 1.82) is 0 Å². The van der Waals surface area contributed by atoms with Gasteiger partial charge in [0.25, 0.3) is 0 Å². The molecule has 0 amide bonds. The van der Waals surface area contributed by atoms with Crippen LogP contribution in [0.4, 0.5) is 13.2 Å². The average Bonchev–Trinajstić information content (AvgIpc) is 2.17. The van der Waals surface area contributed by atoms with Crippen molar-refractivity contribution in [2.45, 2.75) is 32.0 Å². The van der Waals surface area contributed by atoms with Gasteiger partial charge < -0.3 is 5.73 Å². The molecule has 0 aliphatic heterocycles. The second-order valence-electron chi connectivity index (χ2n) is 3.36. The van der Waals surface area contributed by atoms with Crippen LogP contribution in [-0.4, -0.2) is 4.98 Å². The fraction of sp³-hybridized carbons (Fsp3) is 0.500. The van der Waals surface area contributed by atoms with Crippen LogP contribution in [0.2, 0.25) is 0 Å². The quantitative estimate of drug-likeness (QED) is 0.847. The fourth-order valence-corrected chi connectivity index (χ4v) is 1.29. The first kappa shape index (κ1) is 12.0. The molecule has 1 atom stereocenters. The van der Waals surface area contributed by atoms with Crippen molar-refractivity contribution in [2.75, 3.05) is 0 Å². The van der Waals surface area contributed by atoms with Crippen LogP contribution >= 0.6 is 0 Å². The van der Waals surface area contributed by atoms with Crippen molar-refractivity contribution in [3.05, 3.63) is 29.6 Å². The molecule has 84 valence electrons. The van der Waals surface area contributed by atoms with Crippen molar-refractivity contribution in [2.24, 2.45) is 5.73 Å². The minimum absolute atomic E-state index is 0.298. The lowest BCUT2D eigenvalue weighted by molar-refractivity contribution is -0.137. The summed E-state index contributed by atoms with van der Waals surface area (Å²) >= 11 is 0. The first-order valence-corrected chi connectivity index (χ1v) is 4.74. The smallest absolute Gasteiger partial charge is 0.323 e. The van der Waals surface area contributed by atoms with Crippen LogP contribution in [0.5, 0.6) is 0 Å². The van der Waals surface area contributed by atoms with Gasteiger partial charge in [-0.2, -0.15) is 13.2 Å². The Kier molecular flexibility index (Phi) is 3.68. The zero-order valence-corrected chi connectivity index (χ0v) is 8.38. The first-order chi connectivity index (χ1) is 6.95. The molecular formula is C10H13F3N2. The van der Waals surface area contributed by atoms with E-state index in [-0.39, 0.29) is 0 Å². The molecule has 0 aliphatic rings. The van der Waals surface area contributed by atoms with Crippen LogP contribution in [0.25, 0.3) is 0 Å². The van der Waals surface area contributed by atoms with E-state index in [1.54, 1.807) is 0 Å². The highest BCUT2D eigenvalue weighted by Crippen LogP contribution is 2.30. The summed E-state index contributed by atoms with van der Waals surface area (Å²) in [6.45, 7) is 1.92. The number of aromatic nitrogens is 1. The topological polar surface area (TPSA) is 38.9 Å². The SMILES string of the molecule is CCCC(N)c1cc(C(F)(F)F)ccn1. The monoisotopic (exact) mass is 218 g/mol. The Morgan fingerprint density at radius 2 is 2.13 bits per heavy atom. The van der Waals surface area contributed by atoms with E-state index in [0.29, 0.717) is 12.1 Å². The summed E-state index contributed by atoms with van der Waals surface area (Å²) < 4.78 is 37.0. The maximum absolute atomic E-state index is 12.3. The van der Waals surface area contributed by atoms with Gasteiger partial charge in [0.2, 0.25) is 0 Å². The minimum atomic E-state index is -4.33. The zero-order chi connectivity index (χ0) is 11.5. The third-order valence-corrected chi connectivity index (χ3v) is 2.09. The molecule has 2 nitrogen and oxygen atoms in total. The van der Waals surface area contributed by atoms with Gasteiger partial charge in [-0.3, -0.25) is 4.98 Å². The summed E-state index contributed by atoms with van der Waals surface area (Å²) in [6, 6.07) is 1.54. The maximum Gasteiger partial charge on any atom is 0.416 e. The number of hydrogen-bond donors (Lipinski definition) is 1. The second kappa shape index (κ2) is 4.61.